The van der Waals surface area contributed by atoms with Crippen LogP contribution in [0.3, 0.4) is 0 Å². The van der Waals surface area contributed by atoms with Crippen LogP contribution in [0.5, 0.6) is 0 Å². The van der Waals surface area contributed by atoms with E-state index in [2.05, 4.69) is 10.4 Å². The van der Waals surface area contributed by atoms with Gasteiger partial charge in [0.25, 0.3) is 0 Å². The summed E-state index contributed by atoms with van der Waals surface area (Å²) < 4.78 is 33.4. The van der Waals surface area contributed by atoms with Crippen molar-refractivity contribution in [2.45, 2.75) is 6.04 Å². The minimum atomic E-state index is -4.67. The number of rotatable bonds is 1. The number of hydrogen-bond acceptors (Lipinski definition) is 4. The number of nitrogens with zero attached hydrogens (tertiary/aromatic N) is 4. The van der Waals surface area contributed by atoms with Crippen LogP contribution in [0.2, 0.25) is 0 Å². The van der Waals surface area contributed by atoms with Gasteiger partial charge in [0.1, 0.15) is 0 Å². The van der Waals surface area contributed by atoms with Crippen LogP contribution in [0.25, 0.3) is 11.0 Å². The van der Waals surface area contributed by atoms with Crippen LogP contribution in [0, 0.1) is 0 Å². The molecule has 2 N–H and O–H groups in total. The van der Waals surface area contributed by atoms with Gasteiger partial charge < -0.3 is 10.2 Å². The minimum Gasteiger partial charge on any atom is -0.430 e. The van der Waals surface area contributed by atoms with Crippen LogP contribution >= 0.6 is 0 Å². The van der Waals surface area contributed by atoms with Gasteiger partial charge in [-0.25, -0.2) is 4.68 Å². The normalized spacial score (nSPS) is 20.3. The first-order valence-corrected chi connectivity index (χ1v) is 6.63. The molecule has 1 aromatic rings. The maximum atomic E-state index is 11.3. The van der Waals surface area contributed by atoms with E-state index in [9.17, 15) is 4.79 Å². The van der Waals surface area contributed by atoms with Gasteiger partial charge in [-0.2, -0.15) is 13.5 Å². The van der Waals surface area contributed by atoms with E-state index >= 15 is 0 Å². The van der Waals surface area contributed by atoms with E-state index in [4.69, 9.17) is 17.5 Å². The van der Waals surface area contributed by atoms with Crippen molar-refractivity contribution in [1.82, 2.24) is 14.7 Å². The second-order valence-corrected chi connectivity index (χ2v) is 4.81. The Morgan fingerprint density at radius 1 is 1.40 bits per heavy atom. The Bertz CT molecular complexity index is 592. The maximum absolute atomic E-state index is 11.3. The summed E-state index contributed by atoms with van der Waals surface area (Å²) >= 11 is 0. The third kappa shape index (κ3) is 4.89. The van der Waals surface area contributed by atoms with Gasteiger partial charge in [-0.3, -0.25) is 13.9 Å². The quantitative estimate of drug-likeness (QED) is 0.428. The summed E-state index contributed by atoms with van der Waals surface area (Å²) in [4.78, 5) is 13.0. The molecule has 2 bridgehead atoms. The van der Waals surface area contributed by atoms with Crippen molar-refractivity contribution in [3.63, 3.8) is 0 Å². The van der Waals surface area contributed by atoms with Crippen molar-refractivity contribution < 1.29 is 51.9 Å². The molecule has 2 amide bonds. The molecule has 1 aromatic heterocycles. The third-order valence-corrected chi connectivity index (χ3v) is 2.49. The van der Waals surface area contributed by atoms with E-state index in [1.807, 2.05) is 18.3 Å². The van der Waals surface area contributed by atoms with E-state index in [1.165, 1.54) is 0 Å². The molecule has 1 atom stereocenters. The van der Waals surface area contributed by atoms with Crippen molar-refractivity contribution in [3.05, 3.63) is 29.9 Å². The van der Waals surface area contributed by atoms with Gasteiger partial charge >= 0.3 is 40.0 Å². The van der Waals surface area contributed by atoms with Crippen molar-refractivity contribution in [2.24, 2.45) is 0 Å². The first-order chi connectivity index (χ1) is 8.83. The van der Waals surface area contributed by atoms with Crippen LogP contribution in [-0.4, -0.2) is 57.4 Å². The largest absolute Gasteiger partial charge is 1.00 e. The monoisotopic (exact) mass is 310 g/mol. The number of urea groups is 1. The molecule has 0 saturated carbocycles. The molecular weight excluding hydrogens is 299 g/mol. The molecular formula is C9H11N4NaO5S. The summed E-state index contributed by atoms with van der Waals surface area (Å²) in [6.45, 7) is 1.34. The number of fused-ring (bicyclic) bond motifs is 2. The summed E-state index contributed by atoms with van der Waals surface area (Å²) in [6.07, 6.45) is 5.61. The first-order valence-electron chi connectivity index (χ1n) is 5.23. The molecule has 104 valence electrons. The second kappa shape index (κ2) is 6.70. The SMILES string of the molecule is O=C1[N-]C2C=C(n3cccn3)CN1C2.O=S(=O)(O)O.[Na+]. The predicted molar refractivity (Wildman–Crippen MR) is 64.8 cm³/mol. The average Bonchev–Trinajstić information content (AvgIpc) is 2.86. The summed E-state index contributed by atoms with van der Waals surface area (Å²) in [5, 5.41) is 8.11. The molecule has 9 nitrogen and oxygen atoms in total. The summed E-state index contributed by atoms with van der Waals surface area (Å²) in [6, 6.07) is 1.79. The minimum absolute atomic E-state index is 0. The molecule has 3 heterocycles. The zero-order chi connectivity index (χ0) is 14.0. The number of carbonyl (C=O) groups is 1. The third-order valence-electron chi connectivity index (χ3n) is 2.49. The van der Waals surface area contributed by atoms with Crippen molar-refractivity contribution in [2.75, 3.05) is 13.1 Å². The topological polar surface area (TPSA) is 127 Å². The predicted octanol–water partition coefficient (Wildman–Crippen LogP) is -2.73. The maximum Gasteiger partial charge on any atom is 1.00 e. The smallest absolute Gasteiger partial charge is 0.430 e. The van der Waals surface area contributed by atoms with E-state index in [0.29, 0.717) is 6.54 Å². The van der Waals surface area contributed by atoms with E-state index in [0.717, 1.165) is 12.2 Å². The molecule has 3 rings (SSSR count). The fourth-order valence-corrected chi connectivity index (χ4v) is 1.85. The van der Waals surface area contributed by atoms with Crippen LogP contribution in [0.15, 0.2) is 24.5 Å². The molecule has 1 fully saturated rings. The van der Waals surface area contributed by atoms with Crippen LogP contribution in [-0.2, 0) is 10.4 Å². The molecule has 1 unspecified atom stereocenters. The number of aromatic nitrogens is 2. The second-order valence-electron chi connectivity index (χ2n) is 3.92. The Balaban J connectivity index is 0.000000293. The van der Waals surface area contributed by atoms with Crippen LogP contribution in [0.1, 0.15) is 0 Å². The Labute approximate surface area is 137 Å². The average molecular weight is 310 g/mol. The van der Waals surface area contributed by atoms with Gasteiger partial charge in [-0.1, -0.05) is 6.08 Å². The van der Waals surface area contributed by atoms with E-state index < -0.39 is 10.4 Å². The Morgan fingerprint density at radius 2 is 2.05 bits per heavy atom. The zero-order valence-corrected chi connectivity index (χ0v) is 13.4. The van der Waals surface area contributed by atoms with Crippen molar-refractivity contribution >= 4 is 22.1 Å². The van der Waals surface area contributed by atoms with E-state index in [1.54, 1.807) is 15.8 Å². The molecule has 0 radical (unpaired) electrons. The van der Waals surface area contributed by atoms with Gasteiger partial charge in [0.2, 0.25) is 0 Å². The number of amides is 2. The molecule has 1 saturated heterocycles. The van der Waals surface area contributed by atoms with Crippen LogP contribution in [0.4, 0.5) is 4.79 Å². The van der Waals surface area contributed by atoms with Gasteiger partial charge in [-0.05, 0) is 25.2 Å². The molecule has 2 aliphatic heterocycles. The molecule has 20 heavy (non-hydrogen) atoms. The first kappa shape index (κ1) is 17.1. The van der Waals surface area contributed by atoms with Gasteiger partial charge in [-0.15, -0.1) is 0 Å². The Kier molecular flexibility index (Phi) is 5.74. The molecule has 0 aliphatic carbocycles. The summed E-state index contributed by atoms with van der Waals surface area (Å²) in [5.41, 5.74) is 1.03. The summed E-state index contributed by atoms with van der Waals surface area (Å²) in [5.74, 6) is 0. The van der Waals surface area contributed by atoms with Gasteiger partial charge in [0, 0.05) is 18.1 Å². The number of carbonyl (C=O) groups excluding carboxylic acids is 1. The zero-order valence-electron chi connectivity index (χ0n) is 10.6. The van der Waals surface area contributed by atoms with E-state index in [-0.39, 0.29) is 41.6 Å². The van der Waals surface area contributed by atoms with Gasteiger partial charge in [0.05, 0.1) is 0 Å². The summed E-state index contributed by atoms with van der Waals surface area (Å²) in [7, 11) is -4.67. The molecule has 2 aliphatic rings. The molecule has 0 aromatic carbocycles. The Morgan fingerprint density at radius 3 is 2.55 bits per heavy atom. The molecule has 0 spiro atoms. The standard InChI is InChI=1S/C9H10N4O.Na.H2O4S/c14-9-11-7-4-8(6-12(9)5-7)13-3-1-2-10-13;;1-5(2,3)4/h1-4,7H,5-6H2,(H,11,14);;(H2,1,2,3,4)/q;+1;/p-1. The van der Waals surface area contributed by atoms with Gasteiger partial charge in [0.15, 0.2) is 6.03 Å². The fourth-order valence-electron chi connectivity index (χ4n) is 1.85. The van der Waals surface area contributed by atoms with Crippen LogP contribution < -0.4 is 29.6 Å². The fraction of sp³-hybridized carbons (Fsp3) is 0.333. The Hall–Kier alpha value is -0.910. The molecule has 11 heteroatoms. The van der Waals surface area contributed by atoms with Crippen molar-refractivity contribution in [1.29, 1.82) is 0 Å². The number of hydrogen-bond donors (Lipinski definition) is 2. The van der Waals surface area contributed by atoms with Crippen molar-refractivity contribution in [3.8, 4) is 0 Å².